The molecule has 2 aromatic carbocycles. The fourth-order valence-corrected chi connectivity index (χ4v) is 2.29. The van der Waals surface area contributed by atoms with Gasteiger partial charge in [0.25, 0.3) is 0 Å². The van der Waals surface area contributed by atoms with Crippen LogP contribution in [0.15, 0.2) is 42.5 Å². The highest BCUT2D eigenvalue weighted by Gasteiger charge is 2.25. The van der Waals surface area contributed by atoms with Crippen LogP contribution in [0.4, 0.5) is 0 Å². The SMILES string of the molecule is COc1ccccc1C(C#N)C(=O)c1ccc(Cl)c(Cl)c1. The highest BCUT2D eigenvalue weighted by molar-refractivity contribution is 6.42. The summed E-state index contributed by atoms with van der Waals surface area (Å²) >= 11 is 11.8. The molecule has 0 aromatic heterocycles. The Morgan fingerprint density at radius 2 is 1.90 bits per heavy atom. The zero-order valence-corrected chi connectivity index (χ0v) is 12.7. The van der Waals surface area contributed by atoms with Gasteiger partial charge in [-0.05, 0) is 24.3 Å². The maximum atomic E-state index is 12.5. The summed E-state index contributed by atoms with van der Waals surface area (Å²) in [7, 11) is 1.50. The summed E-state index contributed by atoms with van der Waals surface area (Å²) in [5.41, 5.74) is 0.862. The molecule has 0 aliphatic rings. The maximum absolute atomic E-state index is 12.5. The van der Waals surface area contributed by atoms with E-state index in [0.29, 0.717) is 21.9 Å². The Morgan fingerprint density at radius 3 is 2.52 bits per heavy atom. The Hall–Kier alpha value is -2.02. The van der Waals surface area contributed by atoms with E-state index in [4.69, 9.17) is 27.9 Å². The monoisotopic (exact) mass is 319 g/mol. The smallest absolute Gasteiger partial charge is 0.184 e. The number of rotatable bonds is 4. The molecule has 0 amide bonds. The molecule has 0 saturated carbocycles. The largest absolute Gasteiger partial charge is 0.496 e. The van der Waals surface area contributed by atoms with Gasteiger partial charge in [-0.1, -0.05) is 41.4 Å². The van der Waals surface area contributed by atoms with Gasteiger partial charge in [-0.15, -0.1) is 0 Å². The second kappa shape index (κ2) is 6.62. The average Bonchev–Trinajstić information content (AvgIpc) is 2.51. The minimum Gasteiger partial charge on any atom is -0.496 e. The third kappa shape index (κ3) is 3.18. The first-order chi connectivity index (χ1) is 10.1. The fraction of sp³-hybridized carbons (Fsp3) is 0.125. The molecular formula is C16H11Cl2NO2. The first kappa shape index (κ1) is 15.4. The molecule has 0 fully saturated rings. The molecule has 2 aromatic rings. The van der Waals surface area contributed by atoms with Gasteiger partial charge in [0.2, 0.25) is 0 Å². The quantitative estimate of drug-likeness (QED) is 0.780. The summed E-state index contributed by atoms with van der Waals surface area (Å²) in [4.78, 5) is 12.5. The van der Waals surface area contributed by atoms with E-state index in [9.17, 15) is 10.1 Å². The summed E-state index contributed by atoms with van der Waals surface area (Å²) < 4.78 is 5.21. The molecule has 0 bridgehead atoms. The number of methoxy groups -OCH3 is 1. The van der Waals surface area contributed by atoms with Crippen LogP contribution in [0.3, 0.4) is 0 Å². The molecule has 2 rings (SSSR count). The van der Waals surface area contributed by atoms with Crippen molar-refractivity contribution in [1.29, 1.82) is 5.26 Å². The number of Topliss-reactive ketones (excluding diaryl/α,β-unsaturated/α-hetero) is 1. The molecular weight excluding hydrogens is 309 g/mol. The second-order valence-corrected chi connectivity index (χ2v) is 5.11. The number of para-hydroxylation sites is 1. The zero-order chi connectivity index (χ0) is 15.4. The minimum atomic E-state index is -0.960. The van der Waals surface area contributed by atoms with Crippen LogP contribution in [0.5, 0.6) is 5.75 Å². The maximum Gasteiger partial charge on any atom is 0.184 e. The molecule has 5 heteroatoms. The highest BCUT2D eigenvalue weighted by Crippen LogP contribution is 2.30. The Morgan fingerprint density at radius 1 is 1.19 bits per heavy atom. The van der Waals surface area contributed by atoms with Crippen molar-refractivity contribution in [3.63, 3.8) is 0 Å². The predicted octanol–water partition coefficient (Wildman–Crippen LogP) is 4.49. The van der Waals surface area contributed by atoms with Crippen molar-refractivity contribution in [2.45, 2.75) is 5.92 Å². The number of carbonyl (C=O) groups is 1. The topological polar surface area (TPSA) is 50.1 Å². The van der Waals surface area contributed by atoms with Gasteiger partial charge in [0.05, 0.1) is 23.2 Å². The normalized spacial score (nSPS) is 11.5. The predicted molar refractivity (Wildman–Crippen MR) is 82.1 cm³/mol. The Bertz CT molecular complexity index is 722. The molecule has 0 N–H and O–H groups in total. The first-order valence-electron chi connectivity index (χ1n) is 6.10. The van der Waals surface area contributed by atoms with E-state index in [1.54, 1.807) is 30.3 Å². The van der Waals surface area contributed by atoms with Crippen LogP contribution in [0.1, 0.15) is 21.8 Å². The minimum absolute atomic E-state index is 0.277. The van der Waals surface area contributed by atoms with Crippen molar-refractivity contribution in [2.75, 3.05) is 7.11 Å². The zero-order valence-electron chi connectivity index (χ0n) is 11.1. The number of ketones is 1. The van der Waals surface area contributed by atoms with Crippen LogP contribution in [0.25, 0.3) is 0 Å². The van der Waals surface area contributed by atoms with E-state index in [0.717, 1.165) is 0 Å². The first-order valence-corrected chi connectivity index (χ1v) is 6.86. The van der Waals surface area contributed by atoms with Gasteiger partial charge in [-0.25, -0.2) is 0 Å². The standard InChI is InChI=1S/C16H11Cl2NO2/c1-21-15-5-3-2-4-11(15)12(9-19)16(20)10-6-7-13(17)14(18)8-10/h2-8,12H,1H3. The number of ether oxygens (including phenoxy) is 1. The molecule has 106 valence electrons. The molecule has 0 heterocycles. The van der Waals surface area contributed by atoms with Crippen molar-refractivity contribution in [1.82, 2.24) is 0 Å². The molecule has 3 nitrogen and oxygen atoms in total. The van der Waals surface area contributed by atoms with Gasteiger partial charge in [0.1, 0.15) is 11.7 Å². The lowest BCUT2D eigenvalue weighted by atomic mass is 9.91. The number of carbonyl (C=O) groups excluding carboxylic acids is 1. The van der Waals surface area contributed by atoms with Gasteiger partial charge < -0.3 is 4.74 Å². The van der Waals surface area contributed by atoms with Crippen molar-refractivity contribution in [3.8, 4) is 11.8 Å². The lowest BCUT2D eigenvalue weighted by molar-refractivity contribution is 0.0978. The van der Waals surface area contributed by atoms with E-state index < -0.39 is 5.92 Å². The summed E-state index contributed by atoms with van der Waals surface area (Å²) in [6.07, 6.45) is 0. The lowest BCUT2D eigenvalue weighted by Gasteiger charge is -2.13. The third-order valence-electron chi connectivity index (χ3n) is 3.05. The molecule has 0 aliphatic heterocycles. The van der Waals surface area contributed by atoms with Crippen molar-refractivity contribution in [3.05, 3.63) is 63.6 Å². The van der Waals surface area contributed by atoms with E-state index in [1.165, 1.54) is 19.2 Å². The Balaban J connectivity index is 2.44. The summed E-state index contributed by atoms with van der Waals surface area (Å²) in [5.74, 6) is -0.809. The van der Waals surface area contributed by atoms with E-state index in [1.807, 2.05) is 6.07 Å². The van der Waals surface area contributed by atoms with Gasteiger partial charge in [-0.2, -0.15) is 5.26 Å². The Kier molecular flexibility index (Phi) is 4.85. The number of nitrogens with zero attached hydrogens (tertiary/aromatic N) is 1. The van der Waals surface area contributed by atoms with E-state index >= 15 is 0 Å². The lowest BCUT2D eigenvalue weighted by Crippen LogP contribution is -2.12. The summed E-state index contributed by atoms with van der Waals surface area (Å²) in [6, 6.07) is 13.5. The molecule has 0 radical (unpaired) electrons. The summed E-state index contributed by atoms with van der Waals surface area (Å²) in [6.45, 7) is 0. The van der Waals surface area contributed by atoms with Gasteiger partial charge in [0, 0.05) is 11.1 Å². The summed E-state index contributed by atoms with van der Waals surface area (Å²) in [5, 5.41) is 10.0. The van der Waals surface area contributed by atoms with Crippen LogP contribution < -0.4 is 4.74 Å². The van der Waals surface area contributed by atoms with Crippen molar-refractivity contribution < 1.29 is 9.53 Å². The van der Waals surface area contributed by atoms with E-state index in [-0.39, 0.29) is 10.8 Å². The number of hydrogen-bond acceptors (Lipinski definition) is 3. The average molecular weight is 320 g/mol. The molecule has 21 heavy (non-hydrogen) atoms. The number of nitriles is 1. The van der Waals surface area contributed by atoms with Crippen LogP contribution in [-0.4, -0.2) is 12.9 Å². The van der Waals surface area contributed by atoms with Crippen LogP contribution in [0, 0.1) is 11.3 Å². The second-order valence-electron chi connectivity index (χ2n) is 4.30. The number of benzene rings is 2. The van der Waals surface area contributed by atoms with E-state index in [2.05, 4.69) is 0 Å². The Labute approximate surface area is 132 Å². The molecule has 0 spiro atoms. The van der Waals surface area contributed by atoms with Crippen LogP contribution >= 0.6 is 23.2 Å². The van der Waals surface area contributed by atoms with Crippen LogP contribution in [-0.2, 0) is 0 Å². The van der Waals surface area contributed by atoms with Crippen molar-refractivity contribution >= 4 is 29.0 Å². The fourth-order valence-electron chi connectivity index (χ4n) is 1.99. The highest BCUT2D eigenvalue weighted by atomic mass is 35.5. The third-order valence-corrected chi connectivity index (χ3v) is 3.78. The molecule has 0 saturated heterocycles. The number of halogens is 2. The molecule has 1 unspecified atom stereocenters. The van der Waals surface area contributed by atoms with Crippen molar-refractivity contribution in [2.24, 2.45) is 0 Å². The van der Waals surface area contributed by atoms with Gasteiger partial charge in [0.15, 0.2) is 5.78 Å². The molecule has 0 aliphatic carbocycles. The van der Waals surface area contributed by atoms with Gasteiger partial charge >= 0.3 is 0 Å². The van der Waals surface area contributed by atoms with Crippen LogP contribution in [0.2, 0.25) is 10.0 Å². The van der Waals surface area contributed by atoms with Gasteiger partial charge in [-0.3, -0.25) is 4.79 Å². The number of hydrogen-bond donors (Lipinski definition) is 0. The molecule has 1 atom stereocenters.